The summed E-state index contributed by atoms with van der Waals surface area (Å²) in [5, 5.41) is 6.34. The zero-order valence-corrected chi connectivity index (χ0v) is 15.7. The molecule has 0 amide bonds. The lowest BCUT2D eigenvalue weighted by molar-refractivity contribution is 0.160. The summed E-state index contributed by atoms with van der Waals surface area (Å²) < 4.78 is 2.45. The Balaban J connectivity index is 1.61. The molecule has 5 rings (SSSR count). The number of hydrogen-bond acceptors (Lipinski definition) is 2. The van der Waals surface area contributed by atoms with Gasteiger partial charge >= 0.3 is 0 Å². The van der Waals surface area contributed by atoms with E-state index in [1.165, 1.54) is 59.7 Å². The number of para-hydroxylation sites is 1. The van der Waals surface area contributed by atoms with E-state index in [2.05, 4.69) is 64.2 Å². The van der Waals surface area contributed by atoms with E-state index in [1.807, 2.05) is 0 Å². The molecule has 0 radical (unpaired) electrons. The van der Waals surface area contributed by atoms with Crippen LogP contribution in [0.3, 0.4) is 0 Å². The van der Waals surface area contributed by atoms with E-state index < -0.39 is 0 Å². The maximum atomic E-state index is 3.51. The molecule has 1 N–H and O–H groups in total. The van der Waals surface area contributed by atoms with Gasteiger partial charge in [-0.15, -0.1) is 0 Å². The van der Waals surface area contributed by atoms with Gasteiger partial charge in [-0.05, 0) is 43.0 Å². The fourth-order valence-electron chi connectivity index (χ4n) is 4.78. The maximum Gasteiger partial charge on any atom is 0.0491 e. The fourth-order valence-corrected chi connectivity index (χ4v) is 4.78. The third-order valence-electron chi connectivity index (χ3n) is 6.34. The van der Waals surface area contributed by atoms with Crippen molar-refractivity contribution in [3.8, 4) is 0 Å². The quantitative estimate of drug-likeness (QED) is 0.730. The Hall–Kier alpha value is -1.84. The highest BCUT2D eigenvalue weighted by atomic mass is 15.2. The van der Waals surface area contributed by atoms with Crippen LogP contribution in [0.4, 0.5) is 0 Å². The number of hydrogen-bond donors (Lipinski definition) is 1. The number of aromatic nitrogens is 1. The average Bonchev–Trinajstić information content (AvgIpc) is 3.47. The molecule has 0 unspecified atom stereocenters. The summed E-state index contributed by atoms with van der Waals surface area (Å²) in [7, 11) is 0. The Morgan fingerprint density at radius 2 is 1.77 bits per heavy atom. The average molecular weight is 348 g/mol. The van der Waals surface area contributed by atoms with Crippen molar-refractivity contribution < 1.29 is 0 Å². The Kier molecular flexibility index (Phi) is 4.22. The molecule has 0 spiro atoms. The Morgan fingerprint density at radius 3 is 2.54 bits per heavy atom. The van der Waals surface area contributed by atoms with Gasteiger partial charge in [-0.2, -0.15) is 0 Å². The second kappa shape index (κ2) is 6.71. The minimum atomic E-state index is 0.581. The van der Waals surface area contributed by atoms with Crippen LogP contribution < -0.4 is 5.32 Å². The van der Waals surface area contributed by atoms with Gasteiger partial charge < -0.3 is 9.88 Å². The zero-order valence-electron chi connectivity index (χ0n) is 15.7. The first-order chi connectivity index (χ1) is 12.8. The molecule has 2 aromatic carbocycles. The molecule has 0 bridgehead atoms. The fraction of sp³-hybridized carbons (Fsp3) is 0.478. The third-order valence-corrected chi connectivity index (χ3v) is 6.34. The molecule has 2 fully saturated rings. The summed E-state index contributed by atoms with van der Waals surface area (Å²) >= 11 is 0. The van der Waals surface area contributed by atoms with Gasteiger partial charge in [-0.25, -0.2) is 0 Å². The predicted molar refractivity (Wildman–Crippen MR) is 110 cm³/mol. The first-order valence-corrected chi connectivity index (χ1v) is 10.3. The van der Waals surface area contributed by atoms with Crippen molar-refractivity contribution in [2.24, 2.45) is 5.92 Å². The molecule has 1 aliphatic heterocycles. The van der Waals surface area contributed by atoms with Gasteiger partial charge in [0.2, 0.25) is 0 Å². The van der Waals surface area contributed by atoms with Crippen LogP contribution in [-0.2, 0) is 6.54 Å². The number of rotatable bonds is 5. The lowest BCUT2D eigenvalue weighted by atomic mass is 9.97. The highest BCUT2D eigenvalue weighted by Gasteiger charge is 2.30. The lowest BCUT2D eigenvalue weighted by Crippen LogP contribution is -2.45. The molecule has 26 heavy (non-hydrogen) atoms. The number of benzene rings is 2. The van der Waals surface area contributed by atoms with Gasteiger partial charge in [0.25, 0.3) is 0 Å². The van der Waals surface area contributed by atoms with E-state index in [0.29, 0.717) is 6.04 Å². The summed E-state index contributed by atoms with van der Waals surface area (Å²) in [4.78, 5) is 2.72. The van der Waals surface area contributed by atoms with Crippen LogP contribution in [0.5, 0.6) is 0 Å². The summed E-state index contributed by atoms with van der Waals surface area (Å²) in [6.45, 7) is 7.86. The number of fused-ring (bicyclic) bond motifs is 3. The van der Waals surface area contributed by atoms with Gasteiger partial charge in [0.05, 0.1) is 0 Å². The molecular weight excluding hydrogens is 318 g/mol. The molecule has 3 aromatic rings. The molecule has 2 aliphatic rings. The van der Waals surface area contributed by atoms with Gasteiger partial charge in [0.1, 0.15) is 0 Å². The number of nitrogens with zero attached hydrogens (tertiary/aromatic N) is 2. The van der Waals surface area contributed by atoms with Crippen molar-refractivity contribution in [2.45, 2.75) is 38.8 Å². The highest BCUT2D eigenvalue weighted by molar-refractivity contribution is 6.08. The molecule has 1 atom stereocenters. The smallest absolute Gasteiger partial charge is 0.0491 e. The first-order valence-electron chi connectivity index (χ1n) is 10.3. The molecule has 3 nitrogen and oxygen atoms in total. The van der Waals surface area contributed by atoms with E-state index in [9.17, 15) is 0 Å². The topological polar surface area (TPSA) is 20.2 Å². The van der Waals surface area contributed by atoms with Crippen LogP contribution in [0.25, 0.3) is 21.8 Å². The first kappa shape index (κ1) is 16.3. The van der Waals surface area contributed by atoms with Crippen molar-refractivity contribution in [1.82, 2.24) is 14.8 Å². The summed E-state index contributed by atoms with van der Waals surface area (Å²) in [5.41, 5.74) is 4.26. The minimum absolute atomic E-state index is 0.581. The van der Waals surface area contributed by atoms with E-state index in [4.69, 9.17) is 0 Å². The van der Waals surface area contributed by atoms with Crippen LogP contribution in [0, 0.1) is 5.92 Å². The zero-order chi connectivity index (χ0) is 17.5. The van der Waals surface area contributed by atoms with E-state index in [-0.39, 0.29) is 0 Å². The summed E-state index contributed by atoms with van der Waals surface area (Å²) in [5.74, 6) is 0.947. The summed E-state index contributed by atoms with van der Waals surface area (Å²) in [6.07, 6.45) is 4.19. The van der Waals surface area contributed by atoms with Crippen molar-refractivity contribution in [1.29, 1.82) is 0 Å². The molecule has 3 heteroatoms. The molecule has 136 valence electrons. The van der Waals surface area contributed by atoms with Crippen LogP contribution in [-0.4, -0.2) is 35.6 Å². The third kappa shape index (κ3) is 2.83. The summed E-state index contributed by atoms with van der Waals surface area (Å²) in [6, 6.07) is 16.7. The molecule has 1 aromatic heterocycles. The van der Waals surface area contributed by atoms with E-state index in [0.717, 1.165) is 25.6 Å². The van der Waals surface area contributed by atoms with Gasteiger partial charge in [0, 0.05) is 60.6 Å². The Labute approximate surface area is 156 Å². The van der Waals surface area contributed by atoms with Crippen LogP contribution in [0.1, 0.15) is 37.8 Å². The van der Waals surface area contributed by atoms with Gasteiger partial charge in [-0.3, -0.25) is 4.90 Å². The highest BCUT2D eigenvalue weighted by Crippen LogP contribution is 2.41. The SMILES string of the molecule is CCn1c2ccccc2c2cc([C@@H](CC3CC3)N3CCNCC3)ccc21. The van der Waals surface area contributed by atoms with Crippen LogP contribution in [0.15, 0.2) is 42.5 Å². The Bertz CT molecular complexity index is 916. The van der Waals surface area contributed by atoms with Crippen molar-refractivity contribution in [3.63, 3.8) is 0 Å². The van der Waals surface area contributed by atoms with Gasteiger partial charge in [-0.1, -0.05) is 37.1 Å². The maximum absolute atomic E-state index is 3.51. The van der Waals surface area contributed by atoms with Crippen LogP contribution in [0.2, 0.25) is 0 Å². The largest absolute Gasteiger partial charge is 0.341 e. The number of aryl methyl sites for hydroxylation is 1. The van der Waals surface area contributed by atoms with Crippen LogP contribution >= 0.6 is 0 Å². The molecule has 1 saturated carbocycles. The van der Waals surface area contributed by atoms with Crippen molar-refractivity contribution in [3.05, 3.63) is 48.0 Å². The number of piperazine rings is 1. The molecule has 1 aliphatic carbocycles. The van der Waals surface area contributed by atoms with E-state index >= 15 is 0 Å². The standard InChI is InChI=1S/C23H29N3/c1-2-26-21-6-4-3-5-19(21)20-16-18(9-10-22(20)26)23(15-17-7-8-17)25-13-11-24-12-14-25/h3-6,9-10,16-17,23-24H,2,7-8,11-15H2,1H3/t23-/m1/s1. The number of nitrogens with one attached hydrogen (secondary N) is 1. The minimum Gasteiger partial charge on any atom is -0.341 e. The predicted octanol–water partition coefficient (Wildman–Crippen LogP) is 4.56. The molecular formula is C23H29N3. The molecule has 1 saturated heterocycles. The molecule has 2 heterocycles. The second-order valence-corrected chi connectivity index (χ2v) is 8.02. The Morgan fingerprint density at radius 1 is 1.00 bits per heavy atom. The second-order valence-electron chi connectivity index (χ2n) is 8.02. The van der Waals surface area contributed by atoms with E-state index in [1.54, 1.807) is 0 Å². The lowest BCUT2D eigenvalue weighted by Gasteiger charge is -2.35. The monoisotopic (exact) mass is 347 g/mol. The van der Waals surface area contributed by atoms with Crippen molar-refractivity contribution >= 4 is 21.8 Å². The van der Waals surface area contributed by atoms with Crippen molar-refractivity contribution in [2.75, 3.05) is 26.2 Å². The normalized spacial score (nSPS) is 20.0. The van der Waals surface area contributed by atoms with Gasteiger partial charge in [0.15, 0.2) is 0 Å².